The van der Waals surface area contributed by atoms with Crippen molar-refractivity contribution in [1.29, 1.82) is 0 Å². The van der Waals surface area contributed by atoms with Gasteiger partial charge in [0.05, 0.1) is 12.3 Å². The lowest BCUT2D eigenvalue weighted by Gasteiger charge is -2.36. The van der Waals surface area contributed by atoms with Gasteiger partial charge in [-0.2, -0.15) is 0 Å². The summed E-state index contributed by atoms with van der Waals surface area (Å²) in [5, 5.41) is 9.94. The molecule has 0 saturated carbocycles. The van der Waals surface area contributed by atoms with Crippen molar-refractivity contribution in [2.24, 2.45) is 0 Å². The highest BCUT2D eigenvalue weighted by Crippen LogP contribution is 2.21. The molecule has 1 aromatic carbocycles. The number of anilines is 2. The zero-order valence-electron chi connectivity index (χ0n) is 11.7. The van der Waals surface area contributed by atoms with Crippen LogP contribution < -0.4 is 9.80 Å². The number of aliphatic hydroxyl groups excluding tert-OH is 1. The molecular weight excluding hydrogens is 286 g/mol. The van der Waals surface area contributed by atoms with Crippen LogP contribution in [0.25, 0.3) is 0 Å². The van der Waals surface area contributed by atoms with Crippen LogP contribution in [0, 0.1) is 0 Å². The first kappa shape index (κ1) is 14.2. The number of nitrogens with zero attached hydrogens (tertiary/aromatic N) is 3. The molecule has 0 bridgehead atoms. The number of rotatable bonds is 3. The van der Waals surface area contributed by atoms with Crippen LogP contribution >= 0.6 is 11.6 Å². The van der Waals surface area contributed by atoms with E-state index in [4.69, 9.17) is 11.6 Å². The van der Waals surface area contributed by atoms with Gasteiger partial charge in [0.15, 0.2) is 0 Å². The Labute approximate surface area is 129 Å². The molecule has 1 aliphatic rings. The van der Waals surface area contributed by atoms with Crippen molar-refractivity contribution in [3.8, 4) is 0 Å². The number of hydrogen-bond acceptors (Lipinski definition) is 4. The molecule has 3 rings (SSSR count). The van der Waals surface area contributed by atoms with E-state index in [1.54, 1.807) is 0 Å². The van der Waals surface area contributed by atoms with E-state index in [2.05, 4.69) is 26.9 Å². The quantitative estimate of drug-likeness (QED) is 0.946. The Morgan fingerprint density at radius 2 is 1.62 bits per heavy atom. The fraction of sp³-hybridized carbons (Fsp3) is 0.312. The van der Waals surface area contributed by atoms with Gasteiger partial charge in [-0.3, -0.25) is 0 Å². The van der Waals surface area contributed by atoms with Crippen LogP contribution in [0.15, 0.2) is 42.5 Å². The first-order valence-electron chi connectivity index (χ1n) is 7.08. The SMILES string of the molecule is OCc1cccc(N2CCN(c3ccc(Cl)cc3)CC2)n1. The van der Waals surface area contributed by atoms with Crippen LogP contribution in [-0.4, -0.2) is 36.3 Å². The zero-order chi connectivity index (χ0) is 14.7. The van der Waals surface area contributed by atoms with Crippen molar-refractivity contribution >= 4 is 23.1 Å². The Bertz CT molecular complexity index is 595. The van der Waals surface area contributed by atoms with Gasteiger partial charge < -0.3 is 14.9 Å². The average molecular weight is 304 g/mol. The number of hydrogen-bond donors (Lipinski definition) is 1. The second-order valence-electron chi connectivity index (χ2n) is 5.10. The van der Waals surface area contributed by atoms with Gasteiger partial charge in [-0.15, -0.1) is 0 Å². The standard InChI is InChI=1S/C16H18ClN3O/c17-13-4-6-15(7-5-13)19-8-10-20(11-9-19)16-3-1-2-14(12-21)18-16/h1-7,21H,8-12H2. The molecule has 1 fully saturated rings. The number of benzene rings is 1. The topological polar surface area (TPSA) is 39.6 Å². The van der Waals surface area contributed by atoms with E-state index in [1.165, 1.54) is 5.69 Å². The molecule has 0 aliphatic carbocycles. The fourth-order valence-electron chi connectivity index (χ4n) is 2.58. The van der Waals surface area contributed by atoms with Crippen LogP contribution in [0.1, 0.15) is 5.69 Å². The predicted octanol–water partition coefficient (Wildman–Crippen LogP) is 2.55. The molecule has 1 aliphatic heterocycles. The van der Waals surface area contributed by atoms with Crippen LogP contribution in [0.5, 0.6) is 0 Å². The average Bonchev–Trinajstić information content (AvgIpc) is 2.56. The number of piperazine rings is 1. The van der Waals surface area contributed by atoms with Crippen molar-refractivity contribution in [2.45, 2.75) is 6.61 Å². The highest BCUT2D eigenvalue weighted by molar-refractivity contribution is 6.30. The van der Waals surface area contributed by atoms with Crippen molar-refractivity contribution < 1.29 is 5.11 Å². The van der Waals surface area contributed by atoms with Gasteiger partial charge in [-0.25, -0.2) is 4.98 Å². The molecular formula is C16H18ClN3O. The molecule has 110 valence electrons. The third-order valence-electron chi connectivity index (χ3n) is 3.75. The molecule has 1 saturated heterocycles. The molecule has 0 radical (unpaired) electrons. The molecule has 2 aromatic rings. The summed E-state index contributed by atoms with van der Waals surface area (Å²) < 4.78 is 0. The van der Waals surface area contributed by atoms with E-state index in [-0.39, 0.29) is 6.61 Å². The molecule has 0 atom stereocenters. The van der Waals surface area contributed by atoms with Gasteiger partial charge in [0.25, 0.3) is 0 Å². The summed E-state index contributed by atoms with van der Waals surface area (Å²) in [6, 6.07) is 13.8. The van der Waals surface area contributed by atoms with Crippen LogP contribution in [-0.2, 0) is 6.61 Å². The molecule has 1 N–H and O–H groups in total. The summed E-state index contributed by atoms with van der Waals surface area (Å²) in [7, 11) is 0. The normalized spacial score (nSPS) is 15.3. The number of aliphatic hydroxyl groups is 1. The van der Waals surface area contributed by atoms with E-state index in [0.717, 1.165) is 37.0 Å². The fourth-order valence-corrected chi connectivity index (χ4v) is 2.70. The third kappa shape index (κ3) is 3.28. The maximum Gasteiger partial charge on any atom is 0.129 e. The summed E-state index contributed by atoms with van der Waals surface area (Å²) in [6.45, 7) is 3.73. The number of pyridine rings is 1. The van der Waals surface area contributed by atoms with Crippen molar-refractivity contribution in [3.05, 3.63) is 53.2 Å². The second-order valence-corrected chi connectivity index (χ2v) is 5.53. The van der Waals surface area contributed by atoms with Gasteiger partial charge >= 0.3 is 0 Å². The Kier molecular flexibility index (Phi) is 4.27. The molecule has 1 aromatic heterocycles. The summed E-state index contributed by atoms with van der Waals surface area (Å²) in [4.78, 5) is 9.07. The van der Waals surface area contributed by atoms with Crippen LogP contribution in [0.2, 0.25) is 5.02 Å². The first-order valence-corrected chi connectivity index (χ1v) is 7.46. The minimum Gasteiger partial charge on any atom is -0.390 e. The Morgan fingerprint density at radius 1 is 0.952 bits per heavy atom. The molecule has 0 unspecified atom stereocenters. The van der Waals surface area contributed by atoms with Crippen molar-refractivity contribution in [2.75, 3.05) is 36.0 Å². The predicted molar refractivity (Wildman–Crippen MR) is 86.0 cm³/mol. The molecule has 0 amide bonds. The highest BCUT2D eigenvalue weighted by atomic mass is 35.5. The first-order chi connectivity index (χ1) is 10.3. The summed E-state index contributed by atoms with van der Waals surface area (Å²) in [6.07, 6.45) is 0. The lowest BCUT2D eigenvalue weighted by Crippen LogP contribution is -2.46. The largest absolute Gasteiger partial charge is 0.390 e. The van der Waals surface area contributed by atoms with Crippen molar-refractivity contribution in [1.82, 2.24) is 4.98 Å². The lowest BCUT2D eigenvalue weighted by atomic mass is 10.2. The van der Waals surface area contributed by atoms with E-state index in [1.807, 2.05) is 30.3 Å². The minimum absolute atomic E-state index is 0.0153. The maximum atomic E-state index is 9.17. The Hall–Kier alpha value is -1.78. The highest BCUT2D eigenvalue weighted by Gasteiger charge is 2.18. The van der Waals surface area contributed by atoms with Crippen LogP contribution in [0.3, 0.4) is 0 Å². The monoisotopic (exact) mass is 303 g/mol. The molecule has 4 nitrogen and oxygen atoms in total. The zero-order valence-corrected chi connectivity index (χ0v) is 12.5. The van der Waals surface area contributed by atoms with Gasteiger partial charge in [-0.05, 0) is 36.4 Å². The molecule has 0 spiro atoms. The molecule has 21 heavy (non-hydrogen) atoms. The lowest BCUT2D eigenvalue weighted by molar-refractivity contribution is 0.277. The van der Waals surface area contributed by atoms with E-state index in [9.17, 15) is 5.11 Å². The smallest absolute Gasteiger partial charge is 0.129 e. The van der Waals surface area contributed by atoms with Gasteiger partial charge in [-0.1, -0.05) is 17.7 Å². The Morgan fingerprint density at radius 3 is 2.29 bits per heavy atom. The van der Waals surface area contributed by atoms with Crippen LogP contribution in [0.4, 0.5) is 11.5 Å². The minimum atomic E-state index is -0.0153. The summed E-state index contributed by atoms with van der Waals surface area (Å²) >= 11 is 5.93. The van der Waals surface area contributed by atoms with E-state index in [0.29, 0.717) is 5.69 Å². The number of halogens is 1. The summed E-state index contributed by atoms with van der Waals surface area (Å²) in [5.41, 5.74) is 1.92. The third-order valence-corrected chi connectivity index (χ3v) is 4.00. The Balaban J connectivity index is 1.65. The van der Waals surface area contributed by atoms with E-state index >= 15 is 0 Å². The van der Waals surface area contributed by atoms with Gasteiger partial charge in [0, 0.05) is 36.9 Å². The van der Waals surface area contributed by atoms with Crippen molar-refractivity contribution in [3.63, 3.8) is 0 Å². The van der Waals surface area contributed by atoms with Gasteiger partial charge in [0.2, 0.25) is 0 Å². The maximum absolute atomic E-state index is 9.17. The molecule has 5 heteroatoms. The second kappa shape index (κ2) is 6.33. The number of aromatic nitrogens is 1. The van der Waals surface area contributed by atoms with Gasteiger partial charge in [0.1, 0.15) is 5.82 Å². The molecule has 2 heterocycles. The summed E-state index contributed by atoms with van der Waals surface area (Å²) in [5.74, 6) is 0.942. The van der Waals surface area contributed by atoms with E-state index < -0.39 is 0 Å².